The van der Waals surface area contributed by atoms with E-state index in [0.29, 0.717) is 5.52 Å². The minimum Gasteiger partial charge on any atom is -0.345 e. The Bertz CT molecular complexity index is 440. The van der Waals surface area contributed by atoms with E-state index < -0.39 is 0 Å². The first-order valence-corrected chi connectivity index (χ1v) is 3.28. The van der Waals surface area contributed by atoms with Crippen molar-refractivity contribution in [3.63, 3.8) is 0 Å². The maximum atomic E-state index is 11.1. The van der Waals surface area contributed by atoms with Crippen molar-refractivity contribution in [3.05, 3.63) is 28.9 Å². The lowest BCUT2D eigenvalue weighted by Crippen LogP contribution is -2.08. The SMILES string of the molecule is Cn1ccc2nc[nH]c(=O)c21. The monoisotopic (exact) mass is 149 g/mol. The third-order valence-corrected chi connectivity index (χ3v) is 1.67. The van der Waals surface area contributed by atoms with Crippen molar-refractivity contribution >= 4 is 11.0 Å². The number of nitrogens with one attached hydrogen (secondary N) is 1. The molecule has 2 aromatic rings. The van der Waals surface area contributed by atoms with Gasteiger partial charge in [-0.25, -0.2) is 4.98 Å². The fourth-order valence-corrected chi connectivity index (χ4v) is 1.13. The summed E-state index contributed by atoms with van der Waals surface area (Å²) in [5.41, 5.74) is 1.26. The summed E-state index contributed by atoms with van der Waals surface area (Å²) in [6, 6.07) is 1.81. The molecule has 11 heavy (non-hydrogen) atoms. The smallest absolute Gasteiger partial charge is 0.275 e. The highest BCUT2D eigenvalue weighted by molar-refractivity contribution is 5.73. The third kappa shape index (κ3) is 0.756. The molecule has 0 bridgehead atoms. The summed E-state index contributed by atoms with van der Waals surface area (Å²) in [5, 5.41) is 0. The van der Waals surface area contributed by atoms with E-state index in [9.17, 15) is 4.79 Å². The number of hydrogen-bond acceptors (Lipinski definition) is 2. The van der Waals surface area contributed by atoms with Gasteiger partial charge in [0.1, 0.15) is 5.52 Å². The van der Waals surface area contributed by atoms with Crippen LogP contribution in [0.3, 0.4) is 0 Å². The van der Waals surface area contributed by atoms with Crippen molar-refractivity contribution in [1.82, 2.24) is 14.5 Å². The van der Waals surface area contributed by atoms with Gasteiger partial charge in [-0.05, 0) is 6.07 Å². The van der Waals surface area contributed by atoms with Crippen LogP contribution in [-0.4, -0.2) is 14.5 Å². The van der Waals surface area contributed by atoms with E-state index in [2.05, 4.69) is 9.97 Å². The lowest BCUT2D eigenvalue weighted by Gasteiger charge is -1.91. The molecule has 0 unspecified atom stereocenters. The molecule has 4 nitrogen and oxygen atoms in total. The molecule has 2 aromatic heterocycles. The first-order chi connectivity index (χ1) is 5.29. The van der Waals surface area contributed by atoms with Crippen molar-refractivity contribution < 1.29 is 0 Å². The molecule has 0 radical (unpaired) electrons. The van der Waals surface area contributed by atoms with E-state index in [-0.39, 0.29) is 5.56 Å². The lowest BCUT2D eigenvalue weighted by molar-refractivity contribution is 0.954. The molecule has 0 atom stereocenters. The highest BCUT2D eigenvalue weighted by Crippen LogP contribution is 2.03. The lowest BCUT2D eigenvalue weighted by atomic mass is 10.5. The quantitative estimate of drug-likeness (QED) is 0.584. The largest absolute Gasteiger partial charge is 0.345 e. The molecule has 56 valence electrons. The van der Waals surface area contributed by atoms with Crippen LogP contribution in [0.1, 0.15) is 0 Å². The van der Waals surface area contributed by atoms with Crippen molar-refractivity contribution in [3.8, 4) is 0 Å². The molecule has 0 aliphatic carbocycles. The van der Waals surface area contributed by atoms with E-state index in [0.717, 1.165) is 5.52 Å². The molecule has 0 aromatic carbocycles. The van der Waals surface area contributed by atoms with Crippen LogP contribution < -0.4 is 5.56 Å². The van der Waals surface area contributed by atoms with Crippen LogP contribution in [0.4, 0.5) is 0 Å². The van der Waals surface area contributed by atoms with Gasteiger partial charge in [-0.15, -0.1) is 0 Å². The number of fused-ring (bicyclic) bond motifs is 1. The molecule has 1 N–H and O–H groups in total. The number of rotatable bonds is 0. The predicted molar refractivity (Wildman–Crippen MR) is 41.3 cm³/mol. The minimum atomic E-state index is -0.0949. The molecule has 0 amide bonds. The van der Waals surface area contributed by atoms with Gasteiger partial charge in [0, 0.05) is 13.2 Å². The van der Waals surface area contributed by atoms with Gasteiger partial charge in [0.15, 0.2) is 0 Å². The highest BCUT2D eigenvalue weighted by atomic mass is 16.1. The molecule has 0 spiro atoms. The van der Waals surface area contributed by atoms with Crippen LogP contribution in [0.5, 0.6) is 0 Å². The van der Waals surface area contributed by atoms with Crippen LogP contribution in [-0.2, 0) is 7.05 Å². The van der Waals surface area contributed by atoms with Crippen molar-refractivity contribution in [1.29, 1.82) is 0 Å². The zero-order valence-electron chi connectivity index (χ0n) is 6.03. The Balaban J connectivity index is 3.08. The molecule has 0 fully saturated rings. The zero-order valence-corrected chi connectivity index (χ0v) is 6.03. The van der Waals surface area contributed by atoms with Crippen molar-refractivity contribution in [2.45, 2.75) is 0 Å². The van der Waals surface area contributed by atoms with Gasteiger partial charge in [-0.2, -0.15) is 0 Å². The Kier molecular flexibility index (Phi) is 1.09. The molecule has 4 heteroatoms. The number of aromatic nitrogens is 3. The summed E-state index contributed by atoms with van der Waals surface area (Å²) in [5.74, 6) is 0. The Morgan fingerprint density at radius 1 is 1.64 bits per heavy atom. The van der Waals surface area contributed by atoms with E-state index in [4.69, 9.17) is 0 Å². The average Bonchev–Trinajstić information content (AvgIpc) is 2.34. The van der Waals surface area contributed by atoms with Gasteiger partial charge < -0.3 is 9.55 Å². The minimum absolute atomic E-state index is 0.0949. The van der Waals surface area contributed by atoms with Crippen LogP contribution in [0.15, 0.2) is 23.4 Å². The summed E-state index contributed by atoms with van der Waals surface area (Å²) in [6.07, 6.45) is 3.22. The van der Waals surface area contributed by atoms with Crippen LogP contribution >= 0.6 is 0 Å². The third-order valence-electron chi connectivity index (χ3n) is 1.67. The van der Waals surface area contributed by atoms with Gasteiger partial charge >= 0.3 is 0 Å². The number of nitrogens with zero attached hydrogens (tertiary/aromatic N) is 2. The normalized spacial score (nSPS) is 10.6. The van der Waals surface area contributed by atoms with Crippen LogP contribution in [0.25, 0.3) is 11.0 Å². The zero-order chi connectivity index (χ0) is 7.84. The second-order valence-corrected chi connectivity index (χ2v) is 2.39. The highest BCUT2D eigenvalue weighted by Gasteiger charge is 2.00. The maximum absolute atomic E-state index is 11.1. The molecule has 2 heterocycles. The second-order valence-electron chi connectivity index (χ2n) is 2.39. The Labute approximate surface area is 62.5 Å². The van der Waals surface area contributed by atoms with E-state index >= 15 is 0 Å². The Hall–Kier alpha value is -1.58. The molecular formula is C7H7N3O. The molecular weight excluding hydrogens is 142 g/mol. The van der Waals surface area contributed by atoms with Crippen LogP contribution in [0, 0.1) is 0 Å². The number of aryl methyl sites for hydroxylation is 1. The van der Waals surface area contributed by atoms with Gasteiger partial charge in [0.2, 0.25) is 0 Å². The van der Waals surface area contributed by atoms with Crippen molar-refractivity contribution in [2.75, 3.05) is 0 Å². The molecule has 0 saturated carbocycles. The average molecular weight is 149 g/mol. The first kappa shape index (κ1) is 6.15. The van der Waals surface area contributed by atoms with Crippen LogP contribution in [0.2, 0.25) is 0 Å². The Morgan fingerprint density at radius 3 is 3.18 bits per heavy atom. The summed E-state index contributed by atoms with van der Waals surface area (Å²) in [6.45, 7) is 0. The topological polar surface area (TPSA) is 50.7 Å². The summed E-state index contributed by atoms with van der Waals surface area (Å²) in [4.78, 5) is 17.6. The molecule has 2 rings (SSSR count). The van der Waals surface area contributed by atoms with Gasteiger partial charge in [0.05, 0.1) is 11.8 Å². The molecule has 0 aliphatic heterocycles. The fraction of sp³-hybridized carbons (Fsp3) is 0.143. The second kappa shape index (κ2) is 1.95. The maximum Gasteiger partial charge on any atom is 0.275 e. The first-order valence-electron chi connectivity index (χ1n) is 3.28. The van der Waals surface area contributed by atoms with E-state index in [1.807, 2.05) is 19.3 Å². The standard InChI is InChI=1S/C7H7N3O/c1-10-3-2-5-6(10)7(11)9-4-8-5/h2-4H,1H3,(H,8,9,11). The fourth-order valence-electron chi connectivity index (χ4n) is 1.13. The number of aromatic amines is 1. The summed E-state index contributed by atoms with van der Waals surface area (Å²) < 4.78 is 1.75. The molecule has 0 aliphatic rings. The number of H-pyrrole nitrogens is 1. The van der Waals surface area contributed by atoms with E-state index in [1.54, 1.807) is 4.57 Å². The summed E-state index contributed by atoms with van der Waals surface area (Å²) >= 11 is 0. The predicted octanol–water partition coefficient (Wildman–Crippen LogP) is 0.262. The number of hydrogen-bond donors (Lipinski definition) is 1. The van der Waals surface area contributed by atoms with Crippen molar-refractivity contribution in [2.24, 2.45) is 7.05 Å². The van der Waals surface area contributed by atoms with Gasteiger partial charge in [-0.1, -0.05) is 0 Å². The van der Waals surface area contributed by atoms with Gasteiger partial charge in [0.25, 0.3) is 5.56 Å². The molecule has 0 saturated heterocycles. The van der Waals surface area contributed by atoms with Gasteiger partial charge in [-0.3, -0.25) is 4.79 Å². The Morgan fingerprint density at radius 2 is 2.45 bits per heavy atom. The summed E-state index contributed by atoms with van der Waals surface area (Å²) in [7, 11) is 1.82. The van der Waals surface area contributed by atoms with E-state index in [1.165, 1.54) is 6.33 Å².